The fourth-order valence-electron chi connectivity index (χ4n) is 2.70. The van der Waals surface area contributed by atoms with Gasteiger partial charge in [-0.15, -0.1) is 0 Å². The van der Waals surface area contributed by atoms with Crippen LogP contribution in [0.5, 0.6) is 0 Å². The van der Waals surface area contributed by atoms with Gasteiger partial charge in [-0.3, -0.25) is 0 Å². The van der Waals surface area contributed by atoms with Crippen molar-refractivity contribution in [3.8, 4) is 0 Å². The second kappa shape index (κ2) is 7.65. The largest absolute Gasteiger partial charge is 0.302 e. The number of hydrogen-bond donors (Lipinski definition) is 0. The molecule has 2 nitrogen and oxygen atoms in total. The van der Waals surface area contributed by atoms with Crippen molar-refractivity contribution in [3.05, 3.63) is 33.8 Å². The molecule has 1 fully saturated rings. The average Bonchev–Trinajstić information content (AvgIpc) is 2.92. The minimum Gasteiger partial charge on any atom is -0.302 e. The monoisotopic (exact) mass is 314 g/mol. The first-order valence-electron chi connectivity index (χ1n) is 7.43. The zero-order valence-corrected chi connectivity index (χ0v) is 13.9. The summed E-state index contributed by atoms with van der Waals surface area (Å²) in [4.78, 5) is 5.00. The maximum absolute atomic E-state index is 6.05. The zero-order chi connectivity index (χ0) is 14.5. The van der Waals surface area contributed by atoms with Gasteiger partial charge in [-0.05, 0) is 64.0 Å². The predicted octanol–water partition coefficient (Wildman–Crippen LogP) is 3.95. The summed E-state index contributed by atoms with van der Waals surface area (Å²) in [5.74, 6) is 0. The lowest BCUT2D eigenvalue weighted by Crippen LogP contribution is -2.40. The number of halogens is 2. The van der Waals surface area contributed by atoms with Gasteiger partial charge >= 0.3 is 0 Å². The van der Waals surface area contributed by atoms with Gasteiger partial charge in [0.25, 0.3) is 0 Å². The van der Waals surface area contributed by atoms with E-state index in [1.54, 1.807) is 0 Å². The van der Waals surface area contributed by atoms with Gasteiger partial charge in [0.2, 0.25) is 0 Å². The van der Waals surface area contributed by atoms with Gasteiger partial charge in [0, 0.05) is 19.1 Å². The molecule has 20 heavy (non-hydrogen) atoms. The normalized spacial score (nSPS) is 17.9. The number of hydrogen-bond acceptors (Lipinski definition) is 2. The SMILES string of the molecule is C[C@@H](CN1CCCC1)N(C)CCc1ccc(Cl)c(Cl)c1. The first-order chi connectivity index (χ1) is 9.56. The van der Waals surface area contributed by atoms with E-state index in [4.69, 9.17) is 23.2 Å². The van der Waals surface area contributed by atoms with E-state index in [0.717, 1.165) is 13.0 Å². The van der Waals surface area contributed by atoms with Crippen LogP contribution in [0.2, 0.25) is 10.0 Å². The van der Waals surface area contributed by atoms with Crippen molar-refractivity contribution in [2.75, 3.05) is 33.2 Å². The number of likely N-dealkylation sites (tertiary alicyclic amines) is 1. The van der Waals surface area contributed by atoms with Crippen LogP contribution in [0.3, 0.4) is 0 Å². The number of rotatable bonds is 6. The molecule has 0 unspecified atom stereocenters. The van der Waals surface area contributed by atoms with Crippen LogP contribution in [-0.4, -0.2) is 49.1 Å². The van der Waals surface area contributed by atoms with Crippen molar-refractivity contribution in [2.45, 2.75) is 32.2 Å². The highest BCUT2D eigenvalue weighted by atomic mass is 35.5. The molecule has 0 aliphatic carbocycles. The second-order valence-electron chi connectivity index (χ2n) is 5.84. The number of likely N-dealkylation sites (N-methyl/N-ethyl adjacent to an activating group) is 1. The van der Waals surface area contributed by atoms with Crippen molar-refractivity contribution >= 4 is 23.2 Å². The molecule has 0 N–H and O–H groups in total. The van der Waals surface area contributed by atoms with Gasteiger partial charge < -0.3 is 9.80 Å². The third-order valence-electron chi connectivity index (χ3n) is 4.21. The van der Waals surface area contributed by atoms with E-state index >= 15 is 0 Å². The Hall–Kier alpha value is -0.280. The minimum absolute atomic E-state index is 0.593. The summed E-state index contributed by atoms with van der Waals surface area (Å²) in [7, 11) is 2.21. The third-order valence-corrected chi connectivity index (χ3v) is 4.95. The van der Waals surface area contributed by atoms with Crippen LogP contribution in [0, 0.1) is 0 Å². The number of nitrogens with zero attached hydrogens (tertiary/aromatic N) is 2. The molecule has 0 amide bonds. The van der Waals surface area contributed by atoms with Crippen molar-refractivity contribution in [2.24, 2.45) is 0 Å². The van der Waals surface area contributed by atoms with Gasteiger partial charge in [-0.25, -0.2) is 0 Å². The van der Waals surface area contributed by atoms with Crippen LogP contribution in [0.1, 0.15) is 25.3 Å². The van der Waals surface area contributed by atoms with E-state index in [1.807, 2.05) is 12.1 Å². The van der Waals surface area contributed by atoms with Crippen molar-refractivity contribution < 1.29 is 0 Å². The van der Waals surface area contributed by atoms with E-state index in [-0.39, 0.29) is 0 Å². The maximum Gasteiger partial charge on any atom is 0.0595 e. The molecule has 2 rings (SSSR count). The number of benzene rings is 1. The summed E-state index contributed by atoms with van der Waals surface area (Å²) in [5.41, 5.74) is 1.25. The minimum atomic E-state index is 0.593. The molecule has 1 saturated heterocycles. The lowest BCUT2D eigenvalue weighted by molar-refractivity contribution is 0.194. The highest BCUT2D eigenvalue weighted by Gasteiger charge is 2.17. The first kappa shape index (κ1) is 16.1. The summed E-state index contributed by atoms with van der Waals surface area (Å²) in [6.07, 6.45) is 3.73. The molecule has 0 spiro atoms. The van der Waals surface area contributed by atoms with Gasteiger partial charge in [0.15, 0.2) is 0 Å². The molecular formula is C16H24Cl2N2. The molecule has 0 saturated carbocycles. The lowest BCUT2D eigenvalue weighted by Gasteiger charge is -2.28. The molecule has 0 radical (unpaired) electrons. The lowest BCUT2D eigenvalue weighted by atomic mass is 10.1. The van der Waals surface area contributed by atoms with E-state index in [2.05, 4.69) is 29.8 Å². The smallest absolute Gasteiger partial charge is 0.0595 e. The Bertz CT molecular complexity index is 430. The molecule has 0 aromatic heterocycles. The summed E-state index contributed by atoms with van der Waals surface area (Å²) < 4.78 is 0. The molecule has 1 aromatic carbocycles. The molecule has 112 valence electrons. The summed E-state index contributed by atoms with van der Waals surface area (Å²) in [6.45, 7) is 7.08. The topological polar surface area (TPSA) is 6.48 Å². The second-order valence-corrected chi connectivity index (χ2v) is 6.65. The van der Waals surface area contributed by atoms with E-state index in [0.29, 0.717) is 16.1 Å². The average molecular weight is 315 g/mol. The van der Waals surface area contributed by atoms with Crippen molar-refractivity contribution in [1.82, 2.24) is 9.80 Å². The molecule has 1 aromatic rings. The highest BCUT2D eigenvalue weighted by Crippen LogP contribution is 2.23. The fraction of sp³-hybridized carbons (Fsp3) is 0.625. The molecule has 1 aliphatic heterocycles. The maximum atomic E-state index is 6.05. The van der Waals surface area contributed by atoms with Crippen LogP contribution in [0.25, 0.3) is 0 Å². The summed E-state index contributed by atoms with van der Waals surface area (Å²) in [6, 6.07) is 6.51. The van der Waals surface area contributed by atoms with E-state index < -0.39 is 0 Å². The Morgan fingerprint density at radius 3 is 2.55 bits per heavy atom. The van der Waals surface area contributed by atoms with Gasteiger partial charge in [0.05, 0.1) is 10.0 Å². The van der Waals surface area contributed by atoms with Crippen LogP contribution in [0.4, 0.5) is 0 Å². The molecule has 1 heterocycles. The van der Waals surface area contributed by atoms with E-state index in [1.165, 1.54) is 38.0 Å². The Morgan fingerprint density at radius 1 is 1.20 bits per heavy atom. The molecule has 4 heteroatoms. The van der Waals surface area contributed by atoms with Crippen LogP contribution >= 0.6 is 23.2 Å². The first-order valence-corrected chi connectivity index (χ1v) is 8.18. The molecule has 1 aliphatic rings. The summed E-state index contributed by atoms with van der Waals surface area (Å²) in [5, 5.41) is 1.28. The van der Waals surface area contributed by atoms with Crippen LogP contribution in [0.15, 0.2) is 18.2 Å². The van der Waals surface area contributed by atoms with E-state index in [9.17, 15) is 0 Å². The van der Waals surface area contributed by atoms with Crippen LogP contribution < -0.4 is 0 Å². The zero-order valence-electron chi connectivity index (χ0n) is 12.4. The molecule has 0 bridgehead atoms. The van der Waals surface area contributed by atoms with Crippen LogP contribution in [-0.2, 0) is 6.42 Å². The standard InChI is InChI=1S/C16H24Cl2N2/c1-13(12-20-8-3-4-9-20)19(2)10-7-14-5-6-15(17)16(18)11-14/h5-6,11,13H,3-4,7-10,12H2,1-2H3/t13-/m0/s1. The fourth-order valence-corrected chi connectivity index (χ4v) is 3.02. The molecular weight excluding hydrogens is 291 g/mol. The van der Waals surface area contributed by atoms with Gasteiger partial charge in [-0.1, -0.05) is 29.3 Å². The Labute approximate surface area is 132 Å². The third kappa shape index (κ3) is 4.63. The summed E-state index contributed by atoms with van der Waals surface area (Å²) >= 11 is 12.0. The molecule has 1 atom stereocenters. The van der Waals surface area contributed by atoms with Gasteiger partial charge in [-0.2, -0.15) is 0 Å². The highest BCUT2D eigenvalue weighted by molar-refractivity contribution is 6.42. The Morgan fingerprint density at radius 2 is 1.90 bits per heavy atom. The van der Waals surface area contributed by atoms with Crippen molar-refractivity contribution in [1.29, 1.82) is 0 Å². The van der Waals surface area contributed by atoms with Crippen molar-refractivity contribution in [3.63, 3.8) is 0 Å². The van der Waals surface area contributed by atoms with Gasteiger partial charge in [0.1, 0.15) is 0 Å². The Kier molecular flexibility index (Phi) is 6.16. The quantitative estimate of drug-likeness (QED) is 0.784. The Balaban J connectivity index is 1.78. The predicted molar refractivity (Wildman–Crippen MR) is 87.9 cm³/mol.